The van der Waals surface area contributed by atoms with Crippen LogP contribution in [0.3, 0.4) is 0 Å². The van der Waals surface area contributed by atoms with Crippen LogP contribution in [0, 0.1) is 6.92 Å². The third-order valence-corrected chi connectivity index (χ3v) is 4.91. The Morgan fingerprint density at radius 2 is 1.64 bits per heavy atom. The van der Waals surface area contributed by atoms with E-state index in [1.165, 1.54) is 6.07 Å². The summed E-state index contributed by atoms with van der Waals surface area (Å²) in [6.07, 6.45) is -4.68. The van der Waals surface area contributed by atoms with Crippen molar-refractivity contribution >= 4 is 58.0 Å². The molecule has 2 amide bonds. The van der Waals surface area contributed by atoms with Gasteiger partial charge in [-0.1, -0.05) is 40.9 Å². The molecule has 1 aliphatic heterocycles. The Hall–Kier alpha value is -2.22. The van der Waals surface area contributed by atoms with E-state index in [1.54, 1.807) is 19.1 Å². The second-order valence-electron chi connectivity index (χ2n) is 5.88. The molecular formula is C18H10Cl3F3N2O2. The highest BCUT2D eigenvalue weighted by molar-refractivity contribution is 6.53. The van der Waals surface area contributed by atoms with Gasteiger partial charge in [0.25, 0.3) is 11.8 Å². The van der Waals surface area contributed by atoms with E-state index in [0.29, 0.717) is 27.2 Å². The summed E-state index contributed by atoms with van der Waals surface area (Å²) < 4.78 is 39.0. The Bertz CT molecular complexity index is 1040. The first-order valence-corrected chi connectivity index (χ1v) is 8.82. The second kappa shape index (κ2) is 7.31. The van der Waals surface area contributed by atoms with Crippen LogP contribution >= 0.6 is 34.8 Å². The van der Waals surface area contributed by atoms with Gasteiger partial charge < -0.3 is 5.32 Å². The molecule has 10 heteroatoms. The van der Waals surface area contributed by atoms with Crippen molar-refractivity contribution in [3.8, 4) is 0 Å². The molecule has 2 aromatic rings. The number of anilines is 2. The number of carbonyl (C=O) groups excluding carboxylic acids is 2. The molecule has 146 valence electrons. The van der Waals surface area contributed by atoms with Gasteiger partial charge in [-0.05, 0) is 42.8 Å². The van der Waals surface area contributed by atoms with Gasteiger partial charge in [0.15, 0.2) is 0 Å². The van der Waals surface area contributed by atoms with Crippen LogP contribution in [-0.2, 0) is 15.8 Å². The number of alkyl halides is 3. The lowest BCUT2D eigenvalue weighted by atomic mass is 10.1. The molecule has 0 spiro atoms. The first-order chi connectivity index (χ1) is 13.0. The molecule has 0 unspecified atom stereocenters. The van der Waals surface area contributed by atoms with Crippen LogP contribution in [0.1, 0.15) is 11.1 Å². The zero-order chi connectivity index (χ0) is 20.8. The standard InChI is InChI=1S/C18H10Cl3F3N2O2/c1-8-2-4-10(19)7-12(8)25-15-14(21)16(27)26(17(15)28)13-6-9(18(22,23)24)3-5-11(13)20/h2-7,25H,1H3. The number of halogens is 6. The van der Waals surface area contributed by atoms with Crippen LogP contribution in [0.15, 0.2) is 47.1 Å². The summed E-state index contributed by atoms with van der Waals surface area (Å²) in [7, 11) is 0. The molecule has 2 aromatic carbocycles. The number of nitrogens with zero attached hydrogens (tertiary/aromatic N) is 1. The maximum atomic E-state index is 13.0. The summed E-state index contributed by atoms with van der Waals surface area (Å²) in [5, 5.41) is 2.42. The van der Waals surface area contributed by atoms with Crippen molar-refractivity contribution in [2.24, 2.45) is 0 Å². The van der Waals surface area contributed by atoms with E-state index >= 15 is 0 Å². The number of imide groups is 1. The number of benzene rings is 2. The predicted molar refractivity (Wildman–Crippen MR) is 102 cm³/mol. The third kappa shape index (κ3) is 3.70. The second-order valence-corrected chi connectivity index (χ2v) is 7.10. The number of aryl methyl sites for hydroxylation is 1. The zero-order valence-electron chi connectivity index (χ0n) is 14.0. The summed E-state index contributed by atoms with van der Waals surface area (Å²) in [5.41, 5.74) is -0.638. The lowest BCUT2D eigenvalue weighted by Gasteiger charge is -2.18. The maximum absolute atomic E-state index is 13.0. The maximum Gasteiger partial charge on any atom is 0.416 e. The fraction of sp³-hybridized carbons (Fsp3) is 0.111. The van der Waals surface area contributed by atoms with Crippen molar-refractivity contribution in [1.82, 2.24) is 0 Å². The lowest BCUT2D eigenvalue weighted by molar-refractivity contribution is -0.137. The van der Waals surface area contributed by atoms with Gasteiger partial charge in [0.05, 0.1) is 16.3 Å². The van der Waals surface area contributed by atoms with E-state index in [1.807, 2.05) is 0 Å². The van der Waals surface area contributed by atoms with Gasteiger partial charge in [0, 0.05) is 10.7 Å². The number of hydrogen-bond donors (Lipinski definition) is 1. The predicted octanol–water partition coefficient (Wildman–Crippen LogP) is 5.76. The summed E-state index contributed by atoms with van der Waals surface area (Å²) in [6.45, 7) is 1.73. The average molecular weight is 450 g/mol. The highest BCUT2D eigenvalue weighted by atomic mass is 35.5. The molecule has 0 atom stereocenters. The van der Waals surface area contributed by atoms with Crippen molar-refractivity contribution < 1.29 is 22.8 Å². The number of carbonyl (C=O) groups is 2. The minimum Gasteiger partial charge on any atom is -0.349 e. The summed E-state index contributed by atoms with van der Waals surface area (Å²) >= 11 is 17.9. The Labute approximate surface area is 172 Å². The first kappa shape index (κ1) is 20.5. The van der Waals surface area contributed by atoms with E-state index in [-0.39, 0.29) is 10.7 Å². The molecule has 0 bridgehead atoms. The minimum atomic E-state index is -4.68. The van der Waals surface area contributed by atoms with Gasteiger partial charge in [-0.25, -0.2) is 4.90 Å². The van der Waals surface area contributed by atoms with Crippen LogP contribution in [0.25, 0.3) is 0 Å². The highest BCUT2D eigenvalue weighted by Gasteiger charge is 2.41. The van der Waals surface area contributed by atoms with Crippen LogP contribution in [0.2, 0.25) is 10.0 Å². The van der Waals surface area contributed by atoms with Crippen LogP contribution in [-0.4, -0.2) is 11.8 Å². The number of nitrogens with one attached hydrogen (secondary N) is 1. The van der Waals surface area contributed by atoms with Crippen LogP contribution in [0.4, 0.5) is 24.5 Å². The fourth-order valence-electron chi connectivity index (χ4n) is 2.55. The largest absolute Gasteiger partial charge is 0.416 e. The third-order valence-electron chi connectivity index (χ3n) is 4.00. The van der Waals surface area contributed by atoms with E-state index in [9.17, 15) is 22.8 Å². The van der Waals surface area contributed by atoms with Gasteiger partial charge >= 0.3 is 6.18 Å². The molecular weight excluding hydrogens is 440 g/mol. The number of hydrogen-bond acceptors (Lipinski definition) is 3. The van der Waals surface area contributed by atoms with Crippen molar-refractivity contribution in [2.45, 2.75) is 13.1 Å². The normalized spacial score (nSPS) is 14.9. The van der Waals surface area contributed by atoms with Gasteiger partial charge in [0.1, 0.15) is 10.7 Å². The molecule has 4 nitrogen and oxygen atoms in total. The lowest BCUT2D eigenvalue weighted by Crippen LogP contribution is -2.32. The summed E-state index contributed by atoms with van der Waals surface area (Å²) in [6, 6.07) is 7.17. The Balaban J connectivity index is 2.01. The van der Waals surface area contributed by atoms with E-state index in [0.717, 1.165) is 12.1 Å². The topological polar surface area (TPSA) is 49.4 Å². The molecule has 0 aliphatic carbocycles. The van der Waals surface area contributed by atoms with Crippen molar-refractivity contribution in [3.05, 3.63) is 68.3 Å². The first-order valence-electron chi connectivity index (χ1n) is 7.69. The summed E-state index contributed by atoms with van der Waals surface area (Å²) in [4.78, 5) is 25.8. The fourth-order valence-corrected chi connectivity index (χ4v) is 3.14. The molecule has 1 N–H and O–H groups in total. The average Bonchev–Trinajstić information content (AvgIpc) is 2.81. The highest BCUT2D eigenvalue weighted by Crippen LogP contribution is 2.39. The van der Waals surface area contributed by atoms with Crippen molar-refractivity contribution in [3.63, 3.8) is 0 Å². The monoisotopic (exact) mass is 448 g/mol. The van der Waals surface area contributed by atoms with E-state index in [2.05, 4.69) is 5.32 Å². The Kier molecular flexibility index (Phi) is 5.36. The molecule has 0 radical (unpaired) electrons. The van der Waals surface area contributed by atoms with Gasteiger partial charge in [-0.2, -0.15) is 13.2 Å². The van der Waals surface area contributed by atoms with Gasteiger partial charge in [-0.15, -0.1) is 0 Å². The van der Waals surface area contributed by atoms with E-state index in [4.69, 9.17) is 34.8 Å². The molecule has 0 saturated carbocycles. The van der Waals surface area contributed by atoms with Crippen LogP contribution in [0.5, 0.6) is 0 Å². The van der Waals surface area contributed by atoms with Gasteiger partial charge in [-0.3, -0.25) is 9.59 Å². The Morgan fingerprint density at radius 1 is 0.964 bits per heavy atom. The smallest absolute Gasteiger partial charge is 0.349 e. The number of rotatable bonds is 3. The quantitative estimate of drug-likeness (QED) is 0.607. The SMILES string of the molecule is Cc1ccc(Cl)cc1NC1=C(Cl)C(=O)N(c2cc(C(F)(F)F)ccc2Cl)C1=O. The Morgan fingerprint density at radius 3 is 2.29 bits per heavy atom. The molecule has 28 heavy (non-hydrogen) atoms. The van der Waals surface area contributed by atoms with E-state index < -0.39 is 34.3 Å². The molecule has 0 fully saturated rings. The van der Waals surface area contributed by atoms with Crippen molar-refractivity contribution in [1.29, 1.82) is 0 Å². The van der Waals surface area contributed by atoms with Gasteiger partial charge in [0.2, 0.25) is 0 Å². The minimum absolute atomic E-state index is 0.209. The van der Waals surface area contributed by atoms with Crippen molar-refractivity contribution in [2.75, 3.05) is 10.2 Å². The molecule has 1 aliphatic rings. The van der Waals surface area contributed by atoms with Crippen LogP contribution < -0.4 is 10.2 Å². The summed E-state index contributed by atoms with van der Waals surface area (Å²) in [5.74, 6) is -1.93. The number of amides is 2. The molecule has 3 rings (SSSR count). The molecule has 0 saturated heterocycles. The molecule has 1 heterocycles. The zero-order valence-corrected chi connectivity index (χ0v) is 16.3. The molecule has 0 aromatic heterocycles.